The fourth-order valence-corrected chi connectivity index (χ4v) is 4.73. The Kier molecular flexibility index (Phi) is 5.06. The van der Waals surface area contributed by atoms with Crippen molar-refractivity contribution in [2.75, 3.05) is 0 Å². The van der Waals surface area contributed by atoms with E-state index in [9.17, 15) is 4.79 Å². The van der Waals surface area contributed by atoms with E-state index in [0.29, 0.717) is 11.8 Å². The van der Waals surface area contributed by atoms with Crippen molar-refractivity contribution in [3.05, 3.63) is 30.3 Å². The Morgan fingerprint density at radius 2 is 1.89 bits per heavy atom. The van der Waals surface area contributed by atoms with E-state index in [2.05, 4.69) is 32.9 Å². The summed E-state index contributed by atoms with van der Waals surface area (Å²) in [6, 6.07) is 10.3. The Morgan fingerprint density at radius 1 is 1.21 bits per heavy atom. The predicted molar refractivity (Wildman–Crippen MR) is 78.7 cm³/mol. The molecule has 1 heterocycles. The van der Waals surface area contributed by atoms with E-state index in [1.807, 2.05) is 18.2 Å². The van der Waals surface area contributed by atoms with Crippen molar-refractivity contribution in [3.8, 4) is 0 Å². The van der Waals surface area contributed by atoms with Gasteiger partial charge < -0.3 is 0 Å². The monoisotopic (exact) mass is 326 g/mol. The van der Waals surface area contributed by atoms with Gasteiger partial charge in [-0.2, -0.15) is 0 Å². The van der Waals surface area contributed by atoms with Crippen LogP contribution in [-0.4, -0.2) is 27.0 Å². The Bertz CT molecular complexity index is 416. The average molecular weight is 325 g/mol. The molecule has 0 radical (unpaired) electrons. The first-order valence-electron chi connectivity index (χ1n) is 7.00. The van der Waals surface area contributed by atoms with Crippen molar-refractivity contribution in [1.82, 2.24) is 0 Å². The summed E-state index contributed by atoms with van der Waals surface area (Å²) >= 11 is 0.170. The van der Waals surface area contributed by atoms with Gasteiger partial charge in [-0.1, -0.05) is 0 Å². The van der Waals surface area contributed by atoms with Gasteiger partial charge >= 0.3 is 122 Å². The minimum absolute atomic E-state index is 0.0209. The minimum atomic E-state index is 0.0209. The van der Waals surface area contributed by atoms with Crippen molar-refractivity contribution < 1.29 is 9.53 Å². The number of hydrogen-bond acceptors (Lipinski definition) is 2. The first kappa shape index (κ1) is 14.6. The number of esters is 1. The van der Waals surface area contributed by atoms with Crippen LogP contribution < -0.4 is 4.46 Å². The van der Waals surface area contributed by atoms with E-state index in [4.69, 9.17) is 4.74 Å². The van der Waals surface area contributed by atoms with Gasteiger partial charge in [-0.05, 0) is 0 Å². The zero-order valence-electron chi connectivity index (χ0n) is 11.8. The van der Waals surface area contributed by atoms with Crippen molar-refractivity contribution in [2.45, 2.75) is 44.5 Å². The molecule has 0 aliphatic carbocycles. The van der Waals surface area contributed by atoms with Crippen LogP contribution in [0.5, 0.6) is 0 Å². The molecule has 3 heteroatoms. The zero-order chi connectivity index (χ0) is 13.8. The maximum absolute atomic E-state index is 12.3. The number of cyclic esters (lactones) is 1. The Labute approximate surface area is 122 Å². The molecule has 0 saturated carbocycles. The molecule has 0 amide bonds. The number of rotatable bonds is 3. The Hall–Kier alpha value is -0.791. The molecule has 2 nitrogen and oxygen atoms in total. The number of carbonyl (C=O) groups is 1. The molecule has 3 unspecified atom stereocenters. The molecule has 3 atom stereocenters. The summed E-state index contributed by atoms with van der Waals surface area (Å²) in [5.74, 6) is 0.864. The number of ether oxygens (including phenoxy) is 1. The first-order chi connectivity index (χ1) is 9.08. The molecular weight excluding hydrogens is 303 g/mol. The van der Waals surface area contributed by atoms with E-state index in [0.717, 1.165) is 12.8 Å². The standard InChI is InChI=1S/C16H22O2Se/c1-11(2)14-10-9-12(3)15(16(17)18-14)19-13-7-5-4-6-8-13/h4-8,11-12,14-15H,9-10H2,1-3H3. The molecule has 1 fully saturated rings. The summed E-state index contributed by atoms with van der Waals surface area (Å²) in [6.45, 7) is 6.45. The second-order valence-corrected chi connectivity index (χ2v) is 8.17. The SMILES string of the molecule is CC(C)C1CCC(C)C([Se]c2ccccc2)C(=O)O1. The van der Waals surface area contributed by atoms with E-state index >= 15 is 0 Å². The molecule has 1 aromatic rings. The van der Waals surface area contributed by atoms with Gasteiger partial charge in [0.15, 0.2) is 0 Å². The summed E-state index contributed by atoms with van der Waals surface area (Å²) in [4.78, 5) is 12.4. The van der Waals surface area contributed by atoms with Crippen LogP contribution in [0.4, 0.5) is 0 Å². The van der Waals surface area contributed by atoms with Gasteiger partial charge in [0.1, 0.15) is 0 Å². The van der Waals surface area contributed by atoms with Gasteiger partial charge in [0, 0.05) is 0 Å². The quantitative estimate of drug-likeness (QED) is 0.631. The Balaban J connectivity index is 2.09. The van der Waals surface area contributed by atoms with Gasteiger partial charge in [0.2, 0.25) is 0 Å². The van der Waals surface area contributed by atoms with Crippen LogP contribution >= 0.6 is 0 Å². The zero-order valence-corrected chi connectivity index (χ0v) is 13.5. The fourth-order valence-electron chi connectivity index (χ4n) is 2.37. The van der Waals surface area contributed by atoms with Crippen LogP contribution in [0.3, 0.4) is 0 Å². The summed E-state index contributed by atoms with van der Waals surface area (Å²) in [7, 11) is 0. The van der Waals surface area contributed by atoms with Crippen LogP contribution in [0.2, 0.25) is 4.82 Å². The van der Waals surface area contributed by atoms with Crippen LogP contribution in [0.25, 0.3) is 0 Å². The summed E-state index contributed by atoms with van der Waals surface area (Å²) in [5.41, 5.74) is 0. The molecule has 19 heavy (non-hydrogen) atoms. The van der Waals surface area contributed by atoms with Gasteiger partial charge in [-0.15, -0.1) is 0 Å². The van der Waals surface area contributed by atoms with Crippen molar-refractivity contribution in [1.29, 1.82) is 0 Å². The third kappa shape index (κ3) is 3.84. The molecule has 1 saturated heterocycles. The maximum atomic E-state index is 12.3. The molecule has 0 N–H and O–H groups in total. The molecule has 0 spiro atoms. The fraction of sp³-hybridized carbons (Fsp3) is 0.562. The van der Waals surface area contributed by atoms with E-state index in [1.54, 1.807) is 0 Å². The molecule has 0 bridgehead atoms. The second kappa shape index (κ2) is 6.58. The Morgan fingerprint density at radius 3 is 2.53 bits per heavy atom. The first-order valence-corrected chi connectivity index (χ1v) is 8.84. The van der Waals surface area contributed by atoms with E-state index in [1.165, 1.54) is 4.46 Å². The molecule has 1 aromatic carbocycles. The molecular formula is C16H22O2Se. The van der Waals surface area contributed by atoms with Crippen molar-refractivity contribution in [2.24, 2.45) is 11.8 Å². The molecule has 2 rings (SSSR count). The van der Waals surface area contributed by atoms with Crippen LogP contribution in [-0.2, 0) is 9.53 Å². The summed E-state index contributed by atoms with van der Waals surface area (Å²) in [6.07, 6.45) is 2.20. The van der Waals surface area contributed by atoms with E-state index in [-0.39, 0.29) is 31.8 Å². The third-order valence-electron chi connectivity index (χ3n) is 3.67. The predicted octanol–water partition coefficient (Wildman–Crippen LogP) is 2.80. The van der Waals surface area contributed by atoms with Gasteiger partial charge in [-0.3, -0.25) is 0 Å². The molecule has 1 aliphatic rings. The average Bonchev–Trinajstić information content (AvgIpc) is 2.53. The number of hydrogen-bond donors (Lipinski definition) is 0. The second-order valence-electron chi connectivity index (χ2n) is 5.63. The van der Waals surface area contributed by atoms with Crippen LogP contribution in [0, 0.1) is 11.8 Å². The molecule has 104 valence electrons. The van der Waals surface area contributed by atoms with Gasteiger partial charge in [0.25, 0.3) is 0 Å². The molecule has 0 aromatic heterocycles. The van der Waals surface area contributed by atoms with E-state index < -0.39 is 0 Å². The van der Waals surface area contributed by atoms with Gasteiger partial charge in [0.05, 0.1) is 0 Å². The van der Waals surface area contributed by atoms with Gasteiger partial charge in [-0.25, -0.2) is 0 Å². The van der Waals surface area contributed by atoms with Crippen molar-refractivity contribution in [3.63, 3.8) is 0 Å². The number of carbonyl (C=O) groups excluding carboxylic acids is 1. The topological polar surface area (TPSA) is 26.3 Å². The van der Waals surface area contributed by atoms with Crippen LogP contribution in [0.1, 0.15) is 33.6 Å². The summed E-state index contributed by atoms with van der Waals surface area (Å²) in [5, 5.41) is 0. The summed E-state index contributed by atoms with van der Waals surface area (Å²) < 4.78 is 6.99. The van der Waals surface area contributed by atoms with Crippen LogP contribution in [0.15, 0.2) is 30.3 Å². The number of benzene rings is 1. The normalized spacial score (nSPS) is 28.0. The molecule has 1 aliphatic heterocycles. The third-order valence-corrected chi connectivity index (χ3v) is 6.73. The van der Waals surface area contributed by atoms with Crippen molar-refractivity contribution >= 4 is 25.4 Å².